The summed E-state index contributed by atoms with van der Waals surface area (Å²) in [7, 11) is 0. The zero-order chi connectivity index (χ0) is 92.6. The molecule has 9 aromatic rings. The molecule has 0 aromatic heterocycles. The second kappa shape index (κ2) is 47.2. The zero-order valence-corrected chi connectivity index (χ0v) is 84.3. The topological polar surface area (TPSA) is 330 Å². The van der Waals surface area contributed by atoms with E-state index in [-0.39, 0.29) is 160 Å². The number of nitrogens with zero attached hydrogens (tertiary/aromatic N) is 2. The van der Waals surface area contributed by atoms with E-state index in [0.29, 0.717) is 115 Å². The van der Waals surface area contributed by atoms with Gasteiger partial charge in [-0.3, -0.25) is 19.6 Å². The molecule has 19 nitrogen and oxygen atoms in total. The smallest absolute Gasteiger partial charge is 1.00 e. The van der Waals surface area contributed by atoms with E-state index in [9.17, 15) is 40.2 Å². The van der Waals surface area contributed by atoms with Gasteiger partial charge >= 0.3 is 67.3 Å². The molecule has 2 heterocycles. The van der Waals surface area contributed by atoms with Crippen LogP contribution in [-0.2, 0) is 65.0 Å². The van der Waals surface area contributed by atoms with Crippen molar-refractivity contribution < 1.29 is 129 Å². The Morgan fingerprint density at radius 3 is 1.09 bits per heavy atom. The molecule has 2 aliphatic rings. The van der Waals surface area contributed by atoms with E-state index in [0.717, 1.165) is 87.5 Å². The Kier molecular flexibility index (Phi) is 41.0. The number of anilines is 3. The molecule has 11 rings (SSSR count). The molecule has 23 heteroatoms. The molecule has 8 bridgehead atoms. The Hall–Kier alpha value is -9.28. The van der Waals surface area contributed by atoms with Crippen LogP contribution in [0.15, 0.2) is 156 Å². The van der Waals surface area contributed by atoms with Gasteiger partial charge in [-0.15, -0.1) is 0 Å². The number of rotatable bonds is 8. The first-order valence-electron chi connectivity index (χ1n) is 43.5. The van der Waals surface area contributed by atoms with Gasteiger partial charge in [0.2, 0.25) is 0 Å². The summed E-state index contributed by atoms with van der Waals surface area (Å²) in [6.07, 6.45) is 13.2. The minimum absolute atomic E-state index is 0. The van der Waals surface area contributed by atoms with Crippen molar-refractivity contribution in [3.05, 3.63) is 251 Å². The van der Waals surface area contributed by atoms with Gasteiger partial charge < -0.3 is 59.5 Å². The van der Waals surface area contributed by atoms with Crippen LogP contribution in [-0.4, -0.2) is 118 Å². The maximum absolute atomic E-state index is 13.5. The van der Waals surface area contributed by atoms with Crippen LogP contribution in [0.1, 0.15) is 283 Å². The Bertz CT molecular complexity index is 5180. The molecular formula is C106H142BLi2N11NaO8+4. The largest absolute Gasteiger partial charge is 1.00 e. The summed E-state index contributed by atoms with van der Waals surface area (Å²) in [5.74, 6) is 0.527. The van der Waals surface area contributed by atoms with Gasteiger partial charge in [-0.2, -0.15) is 0 Å². The van der Waals surface area contributed by atoms with Crippen molar-refractivity contribution in [2.75, 3.05) is 56.1 Å². The van der Waals surface area contributed by atoms with Crippen LogP contribution in [0.3, 0.4) is 0 Å². The van der Waals surface area contributed by atoms with Crippen LogP contribution in [0.25, 0.3) is 0 Å². The average molecular weight is 1750 g/mol. The fourth-order valence-electron chi connectivity index (χ4n) is 14.1. The number of aldehydes is 2. The van der Waals surface area contributed by atoms with Gasteiger partial charge in [0, 0.05) is 140 Å². The summed E-state index contributed by atoms with van der Waals surface area (Å²) in [4.78, 5) is 45.3. The van der Waals surface area contributed by atoms with Crippen LogP contribution in [0.5, 0.6) is 34.5 Å². The van der Waals surface area contributed by atoms with Crippen molar-refractivity contribution in [2.24, 2.45) is 26.2 Å². The zero-order valence-electron chi connectivity index (χ0n) is 83.3. The molecule has 0 amide bonds. The minimum atomic E-state index is -0.303. The number of aromatic hydroxyl groups is 4. The van der Waals surface area contributed by atoms with Gasteiger partial charge in [0.05, 0.1) is 27.9 Å². The molecule has 671 valence electrons. The van der Waals surface area contributed by atoms with Gasteiger partial charge in [-0.05, 0) is 182 Å². The van der Waals surface area contributed by atoms with Crippen LogP contribution in [0.2, 0.25) is 0 Å². The summed E-state index contributed by atoms with van der Waals surface area (Å²) in [6, 6.07) is 47.0. The molecule has 0 atom stereocenters. The van der Waals surface area contributed by atoms with Crippen LogP contribution >= 0.6 is 0 Å². The van der Waals surface area contributed by atoms with Gasteiger partial charge in [0.25, 0.3) is 11.4 Å². The number of carbonyl (C=O) groups is 2. The van der Waals surface area contributed by atoms with Gasteiger partial charge in [0.15, 0.2) is 50.5 Å². The molecule has 9 aromatic carbocycles. The number of hydrogen-bond acceptors (Lipinski definition) is 15. The number of phenols is 4. The normalized spacial score (nSPS) is 14.4. The molecule has 0 aliphatic carbocycles. The number of nitrogens with two attached hydrogens (primary N) is 2. The van der Waals surface area contributed by atoms with Crippen molar-refractivity contribution >= 4 is 86.7 Å². The quantitative estimate of drug-likeness (QED) is 0.0445. The number of nitrogen functional groups attached to an aromatic ring is 2. The summed E-state index contributed by atoms with van der Waals surface area (Å²) in [5.41, 5.74) is 29.0. The van der Waals surface area contributed by atoms with Crippen LogP contribution in [0.4, 0.5) is 28.4 Å². The predicted octanol–water partition coefficient (Wildman–Crippen LogP) is 3.92. The fourth-order valence-corrected chi connectivity index (χ4v) is 14.1. The fraction of sp³-hybridized carbons (Fsp3) is 0.415. The number of para-hydroxylation sites is 5. The third-order valence-corrected chi connectivity index (χ3v) is 22.5. The monoisotopic (exact) mass is 1750 g/mol. The molecule has 0 unspecified atom stereocenters. The molecule has 15 N–H and O–H groups in total. The van der Waals surface area contributed by atoms with E-state index in [2.05, 4.69) is 199 Å². The van der Waals surface area contributed by atoms with E-state index >= 15 is 0 Å². The number of nitrogens with one attached hydrogen (secondary N) is 7. The van der Waals surface area contributed by atoms with E-state index in [4.69, 9.17) is 11.5 Å². The number of aryl methyl sites for hydroxylation is 2. The number of aliphatic imine (C=N–C) groups is 2. The summed E-state index contributed by atoms with van der Waals surface area (Å²) in [6.45, 7) is 56.8. The number of carbonyl (C=O) groups excluding carboxylic acids is 2. The number of hydrogen-bond donors (Lipinski definition) is 13. The molecule has 129 heavy (non-hydrogen) atoms. The molecule has 0 saturated carbocycles. The first-order chi connectivity index (χ1) is 58.2. The Balaban J connectivity index is 0.000000473. The first kappa shape index (κ1) is 112. The summed E-state index contributed by atoms with van der Waals surface area (Å²) >= 11 is 0. The maximum atomic E-state index is 13.5. The first-order valence-corrected chi connectivity index (χ1v) is 43.5. The maximum Gasteiger partial charge on any atom is 1.00 e. The molecular weight excluding hydrogens is 1600 g/mol. The van der Waals surface area contributed by atoms with Crippen molar-refractivity contribution in [1.82, 2.24) is 10.6 Å². The summed E-state index contributed by atoms with van der Waals surface area (Å²) in [5, 5.41) is 81.4. The summed E-state index contributed by atoms with van der Waals surface area (Å²) < 4.78 is 0. The van der Waals surface area contributed by atoms with Crippen molar-refractivity contribution in [3.8, 4) is 34.5 Å². The molecule has 0 saturated heterocycles. The standard InChI is InChI=1S/C36H51N3O2.C35H42N4O2.C29H38N2O4.C6H8N2.B.2Li.Na.H/c1-34(2,3)29-15-25-14-13-24-11-9-10-12-31(24)39-21-28-18-30(35(4,5)6)17-27(33(28)41)20-38-23-36(7,8)22-37-19-26(16-29)32(25)40;1-33(2,3)27-13-23-17-36-21-35(7,8)22-37-18-24-14-28(34(4,5)6)16-26(32(24)41)20-39-30-12-10-9-11-29(30)38-19-25(15-27)31(23)40;1-27(2,3)23-9-19(25(34)21(11-23)15-32)13-30-17-29(7,8)18-31-14-20-10-24(28(4,5)6)12-22(16-33)26(20)35;7-5-3-1-2-4-6(5)8;;;;;/h9-12,15-18,37-41H,13-14,19-23H2,1-8H3;9-20,40-41H,21-22H2,1-8H3;9-16,34-35H,17-18H2,1-8H3;1-4H,7-8H2;;;;;/q;;;;;3*+1;-1/p+2. The average Bonchev–Trinajstić information content (AvgIpc) is 1.05. The van der Waals surface area contributed by atoms with Crippen molar-refractivity contribution in [3.63, 3.8) is 0 Å². The number of benzene rings is 9. The Morgan fingerprint density at radius 2 is 0.721 bits per heavy atom. The van der Waals surface area contributed by atoms with Crippen molar-refractivity contribution in [1.29, 1.82) is 0 Å². The third kappa shape index (κ3) is 32.9. The minimum Gasteiger partial charge on any atom is -1.00 e. The van der Waals surface area contributed by atoms with E-state index in [1.807, 2.05) is 147 Å². The van der Waals surface area contributed by atoms with E-state index in [1.54, 1.807) is 49.1 Å². The third-order valence-electron chi connectivity index (χ3n) is 22.5. The second-order valence-electron chi connectivity index (χ2n) is 41.9. The number of fused-ring (bicyclic) bond motifs is 10. The van der Waals surface area contributed by atoms with Crippen molar-refractivity contribution in [2.45, 2.75) is 231 Å². The Labute approximate surface area is 818 Å². The molecule has 0 fully saturated rings. The van der Waals surface area contributed by atoms with Crippen LogP contribution < -0.4 is 125 Å². The van der Waals surface area contributed by atoms with E-state index < -0.39 is 0 Å². The molecule has 2 aliphatic heterocycles. The second-order valence-corrected chi connectivity index (χ2v) is 41.9. The molecule has 0 spiro atoms. The Morgan fingerprint density at radius 1 is 0.411 bits per heavy atom. The SMILES string of the molecule is CC(C)(CN=Cc1cc(C(C)(C)C)cc(C=O)c1O)CN=Cc1cc(C(C)(C)C)cc(C=O)c1O.CC1(C)CNCc2cc(C(C)(C)C)cc(c2O)CCc2ccccc2NCc2cc(C(C)(C)C)cc(c2O)CNC1.CC1(C)C[NH+]=Cc2cc(C(C)(C)C)cc(c2[O-])C=[NH+]c2ccccc2[NH+]=Cc2cc(C(C)(C)C)cc(c2[O-])C=[NH+]C1.Nc1ccccc1N.[B].[H-].[Li+].[Li+].[Na+]. The number of phenolic OH excluding ortho intramolecular Hbond substituents is 4. The van der Waals surface area contributed by atoms with E-state index in [1.165, 1.54) is 16.7 Å². The predicted molar refractivity (Wildman–Crippen MR) is 520 cm³/mol. The van der Waals surface area contributed by atoms with Gasteiger partial charge in [-0.1, -0.05) is 224 Å². The molecule has 3 radical (unpaired) electrons. The van der Waals surface area contributed by atoms with Crippen LogP contribution in [0, 0.1) is 16.2 Å². The van der Waals surface area contributed by atoms with Gasteiger partial charge in [0.1, 0.15) is 23.0 Å². The van der Waals surface area contributed by atoms with Gasteiger partial charge in [-0.25, -0.2) is 20.0 Å².